The zero-order chi connectivity index (χ0) is 15.1. The van der Waals surface area contributed by atoms with Crippen molar-refractivity contribution in [3.05, 3.63) is 15.6 Å². The Kier molecular flexibility index (Phi) is 3.84. The van der Waals surface area contributed by atoms with E-state index in [4.69, 9.17) is 9.84 Å². The summed E-state index contributed by atoms with van der Waals surface area (Å²) in [7, 11) is 0. The van der Waals surface area contributed by atoms with Gasteiger partial charge >= 0.3 is 11.9 Å². The maximum atomic E-state index is 12.1. The Balaban J connectivity index is 2.21. The average Bonchev–Trinajstić information content (AvgIpc) is 2.71. The van der Waals surface area contributed by atoms with Crippen molar-refractivity contribution in [2.75, 3.05) is 0 Å². The molecule has 20 heavy (non-hydrogen) atoms. The number of thiazole rings is 1. The first-order valence-electron chi connectivity index (χ1n) is 6.38. The molecule has 2 heterocycles. The van der Waals surface area contributed by atoms with Crippen molar-refractivity contribution in [1.29, 1.82) is 0 Å². The summed E-state index contributed by atoms with van der Waals surface area (Å²) in [5.41, 5.74) is 0.134. The highest BCUT2D eigenvalue weighted by molar-refractivity contribution is 7.13. The number of carbonyl (C=O) groups is 2. The number of fused-ring (bicyclic) bond motifs is 1. The topological polar surface area (TPSA) is 88.5 Å². The quantitative estimate of drug-likeness (QED) is 0.809. The smallest absolute Gasteiger partial charge is 0.365 e. The van der Waals surface area contributed by atoms with Gasteiger partial charge in [0.2, 0.25) is 5.01 Å². The summed E-state index contributed by atoms with van der Waals surface area (Å²) in [5.74, 6) is -1.58. The Morgan fingerprint density at radius 1 is 1.45 bits per heavy atom. The third-order valence-corrected chi connectivity index (χ3v) is 4.04. The molecule has 110 valence electrons. The molecule has 6 nitrogen and oxygen atoms in total. The van der Waals surface area contributed by atoms with Crippen molar-refractivity contribution in [3.63, 3.8) is 0 Å². The Bertz CT molecular complexity index is 547. The fourth-order valence-corrected chi connectivity index (χ4v) is 3.08. The molecule has 7 heteroatoms. The molecule has 0 fully saturated rings. The lowest BCUT2D eigenvalue weighted by Crippen LogP contribution is -2.46. The first kappa shape index (κ1) is 14.9. The number of carboxylic acid groups (broad SMARTS) is 1. The summed E-state index contributed by atoms with van der Waals surface area (Å²) < 4.78 is 5.37. The molecule has 0 saturated heterocycles. The number of nitrogens with one attached hydrogen (secondary N) is 1. The summed E-state index contributed by atoms with van der Waals surface area (Å²) in [6.07, 6.45) is 0. The normalized spacial score (nSPS) is 22.2. The highest BCUT2D eigenvalue weighted by Gasteiger charge is 2.37. The second-order valence-corrected chi connectivity index (χ2v) is 6.90. The first-order chi connectivity index (χ1) is 9.19. The fourth-order valence-electron chi connectivity index (χ4n) is 2.13. The van der Waals surface area contributed by atoms with Crippen LogP contribution < -0.4 is 5.32 Å². The number of carbonyl (C=O) groups excluding carboxylic acids is 1. The van der Waals surface area contributed by atoms with Gasteiger partial charge in [-0.2, -0.15) is 0 Å². The van der Waals surface area contributed by atoms with Crippen LogP contribution in [0.25, 0.3) is 0 Å². The molecule has 0 amide bonds. The van der Waals surface area contributed by atoms with Crippen molar-refractivity contribution < 1.29 is 19.4 Å². The molecule has 1 aliphatic rings. The van der Waals surface area contributed by atoms with E-state index in [1.54, 1.807) is 0 Å². The van der Waals surface area contributed by atoms with Crippen LogP contribution in [0.5, 0.6) is 0 Å². The molecule has 2 rings (SSSR count). The van der Waals surface area contributed by atoms with Gasteiger partial charge in [0.15, 0.2) is 0 Å². The Hall–Kier alpha value is -1.47. The lowest BCUT2D eigenvalue weighted by molar-refractivity contribution is -0.158. The number of ether oxygens (including phenoxy) is 1. The van der Waals surface area contributed by atoms with Crippen molar-refractivity contribution in [2.45, 2.75) is 51.8 Å². The van der Waals surface area contributed by atoms with E-state index in [-0.39, 0.29) is 16.9 Å². The number of hydrogen-bond acceptors (Lipinski definition) is 6. The minimum atomic E-state index is -1.04. The van der Waals surface area contributed by atoms with Crippen LogP contribution in [0.3, 0.4) is 0 Å². The van der Waals surface area contributed by atoms with Crippen LogP contribution in [0.1, 0.15) is 54.0 Å². The molecule has 2 unspecified atom stereocenters. The molecule has 1 aliphatic heterocycles. The molecular formula is C13H18N2O4S. The zero-order valence-electron chi connectivity index (χ0n) is 11.9. The van der Waals surface area contributed by atoms with Gasteiger partial charge in [0.05, 0.1) is 5.69 Å². The number of carboxylic acids is 1. The Morgan fingerprint density at radius 3 is 2.65 bits per heavy atom. The lowest BCUT2D eigenvalue weighted by Gasteiger charge is -2.30. The standard InChI is InChI=1S/C13H18N2O4S/c1-6-8-7(20-10(15-8)11(16)17)5-14-9(6)12(18)19-13(2,3)4/h6,9,14H,5H2,1-4H3,(H,16,17). The molecule has 0 radical (unpaired) electrons. The van der Waals surface area contributed by atoms with Gasteiger partial charge in [-0.15, -0.1) is 11.3 Å². The van der Waals surface area contributed by atoms with E-state index in [0.29, 0.717) is 12.2 Å². The SMILES string of the molecule is CC1c2nc(C(=O)O)sc2CNC1C(=O)OC(C)(C)C. The van der Waals surface area contributed by atoms with Gasteiger partial charge in [-0.3, -0.25) is 10.1 Å². The number of rotatable bonds is 2. The van der Waals surface area contributed by atoms with E-state index < -0.39 is 17.6 Å². The third kappa shape index (κ3) is 2.99. The largest absolute Gasteiger partial charge is 0.476 e. The van der Waals surface area contributed by atoms with E-state index in [0.717, 1.165) is 16.2 Å². The number of aromatic carboxylic acids is 1. The van der Waals surface area contributed by atoms with Crippen LogP contribution in [0.4, 0.5) is 0 Å². The minimum absolute atomic E-state index is 0.0634. The van der Waals surface area contributed by atoms with Crippen molar-refractivity contribution in [1.82, 2.24) is 10.3 Å². The predicted octanol–water partition coefficient (Wildman–Crippen LogP) is 1.76. The molecule has 0 saturated carbocycles. The second kappa shape index (κ2) is 5.14. The van der Waals surface area contributed by atoms with Gasteiger partial charge in [0.25, 0.3) is 0 Å². The van der Waals surface area contributed by atoms with E-state index in [1.165, 1.54) is 0 Å². The number of esters is 1. The van der Waals surface area contributed by atoms with Crippen molar-refractivity contribution in [2.24, 2.45) is 0 Å². The third-order valence-electron chi connectivity index (χ3n) is 2.99. The van der Waals surface area contributed by atoms with Gasteiger partial charge in [0.1, 0.15) is 11.6 Å². The highest BCUT2D eigenvalue weighted by atomic mass is 32.1. The maximum Gasteiger partial charge on any atom is 0.365 e. The van der Waals surface area contributed by atoms with Crippen LogP contribution >= 0.6 is 11.3 Å². The minimum Gasteiger partial charge on any atom is -0.476 e. The molecule has 0 aromatic carbocycles. The zero-order valence-corrected chi connectivity index (χ0v) is 12.7. The second-order valence-electron chi connectivity index (χ2n) is 5.81. The van der Waals surface area contributed by atoms with Crippen LogP contribution in [-0.2, 0) is 16.1 Å². The highest BCUT2D eigenvalue weighted by Crippen LogP contribution is 2.32. The number of nitrogens with zero attached hydrogens (tertiary/aromatic N) is 1. The van der Waals surface area contributed by atoms with Gasteiger partial charge in [-0.25, -0.2) is 9.78 Å². The van der Waals surface area contributed by atoms with Crippen LogP contribution in [0, 0.1) is 0 Å². The van der Waals surface area contributed by atoms with E-state index in [9.17, 15) is 9.59 Å². The Morgan fingerprint density at radius 2 is 2.10 bits per heavy atom. The van der Waals surface area contributed by atoms with E-state index in [1.807, 2.05) is 27.7 Å². The number of hydrogen-bond donors (Lipinski definition) is 2. The molecule has 1 aromatic heterocycles. The molecule has 2 atom stereocenters. The van der Waals surface area contributed by atoms with E-state index in [2.05, 4.69) is 10.3 Å². The predicted molar refractivity (Wildman–Crippen MR) is 74.0 cm³/mol. The van der Waals surface area contributed by atoms with Crippen LogP contribution in [-0.4, -0.2) is 33.7 Å². The Labute approximate surface area is 121 Å². The molecular weight excluding hydrogens is 280 g/mol. The molecule has 1 aromatic rings. The maximum absolute atomic E-state index is 12.1. The van der Waals surface area contributed by atoms with Gasteiger partial charge in [-0.1, -0.05) is 6.92 Å². The summed E-state index contributed by atoms with van der Waals surface area (Å²) >= 11 is 1.15. The summed E-state index contributed by atoms with van der Waals surface area (Å²) in [6.45, 7) is 7.74. The first-order valence-corrected chi connectivity index (χ1v) is 7.20. The molecule has 0 spiro atoms. The number of aromatic nitrogens is 1. The monoisotopic (exact) mass is 298 g/mol. The fraction of sp³-hybridized carbons (Fsp3) is 0.615. The van der Waals surface area contributed by atoms with Gasteiger partial charge < -0.3 is 9.84 Å². The average molecular weight is 298 g/mol. The molecule has 0 aliphatic carbocycles. The van der Waals surface area contributed by atoms with Crippen molar-refractivity contribution >= 4 is 23.3 Å². The van der Waals surface area contributed by atoms with Crippen LogP contribution in [0.15, 0.2) is 0 Å². The molecule has 0 bridgehead atoms. The van der Waals surface area contributed by atoms with Gasteiger partial charge in [0, 0.05) is 17.3 Å². The summed E-state index contributed by atoms with van der Waals surface area (Å²) in [5, 5.41) is 12.2. The summed E-state index contributed by atoms with van der Waals surface area (Å²) in [6, 6.07) is -0.495. The van der Waals surface area contributed by atoms with E-state index >= 15 is 0 Å². The van der Waals surface area contributed by atoms with Gasteiger partial charge in [-0.05, 0) is 20.8 Å². The van der Waals surface area contributed by atoms with Crippen molar-refractivity contribution in [3.8, 4) is 0 Å². The summed E-state index contributed by atoms with van der Waals surface area (Å²) in [4.78, 5) is 28.1. The molecule has 2 N–H and O–H groups in total. The van der Waals surface area contributed by atoms with Crippen LogP contribution in [0.2, 0.25) is 0 Å². The lowest BCUT2D eigenvalue weighted by atomic mass is 9.94.